The molecule has 2 bridgehead atoms. The van der Waals surface area contributed by atoms with Crippen LogP contribution in [-0.2, 0) is 55.4 Å². The normalized spacial score (nSPS) is 35.0. The molecule has 6 aliphatic heterocycles. The van der Waals surface area contributed by atoms with Crippen LogP contribution in [0.15, 0.2) is 66.7 Å². The second-order valence-corrected chi connectivity index (χ2v) is 20.2. The molecule has 1 aromatic heterocycles. The standard InChI is InChI=1S/C53H60N4O11/c1-8-48(62)26-32-27-50(46(60)65-6,43-36(17-21-55(28-32)29-48)37-23-34(13-16-40(37)54-43)33-11-14-35(63-4)15-12-33)39-24-38-41(25-42(39)64-5)57(30-58)53-51(38)19-22-56-20-10-18-49(9-2,44(51)56)45(67-31(3)59)52(53,68-53)47(61)66-7/h10-16,18,23-25,30,32,44-45,54,62H,8-9,17,19-22,26-29H2,1-7H3/t32-,44+,45-,48+,49-,50+,51-,52+,53+/m1/s1. The van der Waals surface area contributed by atoms with Gasteiger partial charge < -0.3 is 38.5 Å². The SMILES string of the molecule is CC[C@]1(O)C[C@H]2CN(CCc3c([nH]c4ccc(-c5ccc(OC)cc5)cc34)[C@@](C(=O)OC)(c3cc4c(cc3OC)N(C=O)[C@@]35O[C@]3(C(=O)OC)[C@H](OC(C)=O)[C@]3(CC)C=CCN6CC[C@]45[C@@H]63)C2)C1. The summed E-state index contributed by atoms with van der Waals surface area (Å²) in [5, 5.41) is 13.1. The predicted molar refractivity (Wildman–Crippen MR) is 250 cm³/mol. The maximum absolute atomic E-state index is 15.7. The highest BCUT2D eigenvalue weighted by Gasteiger charge is 2.99. The zero-order valence-corrected chi connectivity index (χ0v) is 39.8. The van der Waals surface area contributed by atoms with Crippen LogP contribution in [0.4, 0.5) is 5.69 Å². The molecule has 1 aliphatic carbocycles. The molecule has 1 unspecified atom stereocenters. The summed E-state index contributed by atoms with van der Waals surface area (Å²) in [6.45, 7) is 8.32. The van der Waals surface area contributed by atoms with Crippen LogP contribution >= 0.6 is 0 Å². The lowest BCUT2D eigenvalue weighted by Gasteiger charge is -2.58. The summed E-state index contributed by atoms with van der Waals surface area (Å²) in [6, 6.07) is 17.6. The molecule has 4 aromatic rings. The third kappa shape index (κ3) is 5.49. The van der Waals surface area contributed by atoms with Gasteiger partial charge in [0.25, 0.3) is 5.60 Å². The lowest BCUT2D eigenvalue weighted by Crippen LogP contribution is -2.75. The van der Waals surface area contributed by atoms with Gasteiger partial charge >= 0.3 is 17.9 Å². The Morgan fingerprint density at radius 1 is 0.912 bits per heavy atom. The van der Waals surface area contributed by atoms with Crippen LogP contribution in [0.2, 0.25) is 0 Å². The quantitative estimate of drug-likeness (QED) is 0.0667. The van der Waals surface area contributed by atoms with Gasteiger partial charge in [0.1, 0.15) is 16.9 Å². The number of hydrogen-bond acceptors (Lipinski definition) is 13. The largest absolute Gasteiger partial charge is 0.497 e. The van der Waals surface area contributed by atoms with Gasteiger partial charge in [0.15, 0.2) is 6.10 Å². The van der Waals surface area contributed by atoms with Crippen molar-refractivity contribution in [1.29, 1.82) is 0 Å². The highest BCUT2D eigenvalue weighted by molar-refractivity contribution is 6.00. The first-order chi connectivity index (χ1) is 32.7. The lowest BCUT2D eigenvalue weighted by molar-refractivity contribution is -0.178. The molecule has 11 rings (SSSR count). The first-order valence-corrected chi connectivity index (χ1v) is 23.9. The Hall–Kier alpha value is -5.74. The van der Waals surface area contributed by atoms with E-state index in [0.717, 1.165) is 33.3 Å². The molecule has 7 heterocycles. The second-order valence-electron chi connectivity index (χ2n) is 20.2. The summed E-state index contributed by atoms with van der Waals surface area (Å²) in [5.74, 6) is -0.934. The van der Waals surface area contributed by atoms with Crippen LogP contribution in [0.25, 0.3) is 22.0 Å². The topological polar surface area (TPSA) is 173 Å². The van der Waals surface area contributed by atoms with Crippen molar-refractivity contribution in [1.82, 2.24) is 14.8 Å². The van der Waals surface area contributed by atoms with Gasteiger partial charge in [-0.1, -0.05) is 44.2 Å². The van der Waals surface area contributed by atoms with Gasteiger partial charge in [0.05, 0.1) is 45.1 Å². The Morgan fingerprint density at radius 3 is 2.35 bits per heavy atom. The van der Waals surface area contributed by atoms with Crippen LogP contribution in [0.5, 0.6) is 11.5 Å². The predicted octanol–water partition coefficient (Wildman–Crippen LogP) is 5.56. The number of benzene rings is 3. The van der Waals surface area contributed by atoms with Crippen molar-refractivity contribution in [3.05, 3.63) is 89.1 Å². The maximum atomic E-state index is 15.7. The first-order valence-electron chi connectivity index (χ1n) is 23.9. The fourth-order valence-electron chi connectivity index (χ4n) is 14.8. The molecule has 3 saturated heterocycles. The summed E-state index contributed by atoms with van der Waals surface area (Å²) in [5.41, 5.74) is -2.02. The van der Waals surface area contributed by atoms with Gasteiger partial charge in [-0.25, -0.2) is 4.79 Å². The molecule has 15 heteroatoms. The first kappa shape index (κ1) is 44.7. The van der Waals surface area contributed by atoms with E-state index in [2.05, 4.69) is 45.1 Å². The lowest BCUT2D eigenvalue weighted by atomic mass is 9.49. The number of anilines is 1. The van der Waals surface area contributed by atoms with E-state index < -0.39 is 63.2 Å². The molecule has 1 amide bonds. The molecule has 4 fully saturated rings. The number of nitrogens with zero attached hydrogens (tertiary/aromatic N) is 3. The number of carbonyl (C=O) groups excluding carboxylic acids is 4. The minimum Gasteiger partial charge on any atom is -0.497 e. The summed E-state index contributed by atoms with van der Waals surface area (Å²) in [6.07, 6.45) is 6.42. The average Bonchev–Trinajstić information content (AvgIpc) is 3.57. The molecular weight excluding hydrogens is 869 g/mol. The highest BCUT2D eigenvalue weighted by Crippen LogP contribution is 2.80. The number of esters is 3. The van der Waals surface area contributed by atoms with E-state index in [1.165, 1.54) is 26.0 Å². The number of carbonyl (C=O) groups is 4. The minimum atomic E-state index is -1.91. The molecule has 10 atom stereocenters. The van der Waals surface area contributed by atoms with Crippen molar-refractivity contribution in [2.75, 3.05) is 66.1 Å². The number of nitrogens with one attached hydrogen (secondary N) is 1. The molecule has 3 aromatic carbocycles. The van der Waals surface area contributed by atoms with Gasteiger partial charge in [-0.2, -0.15) is 0 Å². The Kier molecular flexibility index (Phi) is 10.1. The van der Waals surface area contributed by atoms with E-state index in [4.69, 9.17) is 28.4 Å². The van der Waals surface area contributed by atoms with Crippen LogP contribution in [-0.4, -0.2) is 134 Å². The zero-order chi connectivity index (χ0) is 47.8. The Balaban J connectivity index is 1.21. The number of aromatic nitrogens is 1. The molecule has 358 valence electrons. The Labute approximate surface area is 395 Å². The van der Waals surface area contributed by atoms with Crippen molar-refractivity contribution in [2.24, 2.45) is 11.3 Å². The van der Waals surface area contributed by atoms with Crippen LogP contribution < -0.4 is 14.4 Å². The van der Waals surface area contributed by atoms with Crippen LogP contribution in [0.3, 0.4) is 0 Å². The number of methoxy groups -OCH3 is 4. The average molecular weight is 929 g/mol. The molecular formula is C53H60N4O11. The van der Waals surface area contributed by atoms with Crippen molar-refractivity contribution in [3.63, 3.8) is 0 Å². The number of rotatable bonds is 10. The van der Waals surface area contributed by atoms with Gasteiger partial charge in [0, 0.05) is 72.8 Å². The van der Waals surface area contributed by atoms with E-state index in [1.54, 1.807) is 20.3 Å². The fraction of sp³-hybridized carbons (Fsp3) is 0.509. The van der Waals surface area contributed by atoms with Crippen molar-refractivity contribution in [3.8, 4) is 22.6 Å². The van der Waals surface area contributed by atoms with Gasteiger partial charge in [-0.3, -0.25) is 29.1 Å². The summed E-state index contributed by atoms with van der Waals surface area (Å²) < 4.78 is 36.8. The molecule has 0 radical (unpaired) electrons. The summed E-state index contributed by atoms with van der Waals surface area (Å²) in [4.78, 5) is 67.5. The van der Waals surface area contributed by atoms with Gasteiger partial charge in [-0.05, 0) is 104 Å². The number of amides is 1. The molecule has 15 nitrogen and oxygen atoms in total. The van der Waals surface area contributed by atoms with E-state index >= 15 is 4.79 Å². The maximum Gasteiger partial charge on any atom is 0.347 e. The molecule has 2 N–H and O–H groups in total. The highest BCUT2D eigenvalue weighted by atomic mass is 16.7. The molecule has 7 aliphatic rings. The van der Waals surface area contributed by atoms with Gasteiger partial charge in [0.2, 0.25) is 12.1 Å². The number of hydrogen-bond donors (Lipinski definition) is 2. The monoisotopic (exact) mass is 928 g/mol. The summed E-state index contributed by atoms with van der Waals surface area (Å²) in [7, 11) is 5.89. The number of aromatic amines is 1. The number of fused-ring (bicyclic) bond motifs is 6. The van der Waals surface area contributed by atoms with Gasteiger partial charge in [-0.15, -0.1) is 0 Å². The number of piperidine rings is 1. The van der Waals surface area contributed by atoms with E-state index in [0.29, 0.717) is 99.5 Å². The summed E-state index contributed by atoms with van der Waals surface area (Å²) >= 11 is 0. The molecule has 1 saturated carbocycles. The second kappa shape index (κ2) is 15.4. The molecule has 68 heavy (non-hydrogen) atoms. The van der Waals surface area contributed by atoms with E-state index in [9.17, 15) is 19.5 Å². The van der Waals surface area contributed by atoms with Crippen molar-refractivity contribution in [2.45, 2.75) is 99.2 Å². The Morgan fingerprint density at radius 2 is 1.68 bits per heavy atom. The smallest absolute Gasteiger partial charge is 0.347 e. The zero-order valence-electron chi connectivity index (χ0n) is 39.8. The van der Waals surface area contributed by atoms with E-state index in [-0.39, 0.29) is 12.3 Å². The van der Waals surface area contributed by atoms with Crippen molar-refractivity contribution >= 4 is 40.9 Å². The van der Waals surface area contributed by atoms with Crippen LogP contribution in [0, 0.1) is 11.3 Å². The van der Waals surface area contributed by atoms with E-state index in [1.807, 2.05) is 44.2 Å². The molecule has 2 spiro atoms. The number of epoxide rings is 1. The third-order valence-electron chi connectivity index (χ3n) is 17.4. The van der Waals surface area contributed by atoms with Crippen molar-refractivity contribution < 1.29 is 52.7 Å². The van der Waals surface area contributed by atoms with Crippen LogP contribution in [0.1, 0.15) is 75.3 Å². The number of H-pyrrole nitrogens is 1. The number of ether oxygens (including phenoxy) is 6. The Bertz CT molecular complexity index is 2810. The third-order valence-corrected chi connectivity index (χ3v) is 17.4. The number of aliphatic hydroxyl groups is 1. The fourth-order valence-corrected chi connectivity index (χ4v) is 14.8. The minimum absolute atomic E-state index is 0.176.